The van der Waals surface area contributed by atoms with Crippen LogP contribution in [0.5, 0.6) is 0 Å². The first-order chi connectivity index (χ1) is 16.1. The number of anilines is 1. The van der Waals surface area contributed by atoms with Crippen LogP contribution < -0.4 is 4.90 Å². The number of allylic oxidation sites excluding steroid dienone is 2. The molecule has 1 aliphatic rings. The Labute approximate surface area is 208 Å². The Morgan fingerprint density at radius 2 is 1.68 bits per heavy atom. The van der Waals surface area contributed by atoms with Crippen LogP contribution in [-0.2, 0) is 14.3 Å². The smallest absolute Gasteiger partial charge is 0.343 e. The van der Waals surface area contributed by atoms with E-state index >= 15 is 0 Å². The number of halogens is 2. The molecule has 0 amide bonds. The maximum atomic E-state index is 13.4. The highest BCUT2D eigenvalue weighted by Gasteiger charge is 2.38. The lowest BCUT2D eigenvalue weighted by atomic mass is 10.1. The molecule has 3 aromatic rings. The Kier molecular flexibility index (Phi) is 6.43. The molecular weight excluding hydrogens is 471 g/mol. The average Bonchev–Trinajstić information content (AvgIpc) is 3.22. The zero-order valence-corrected chi connectivity index (χ0v) is 21.1. The molecule has 34 heavy (non-hydrogen) atoms. The summed E-state index contributed by atoms with van der Waals surface area (Å²) in [5.74, 6) is -1.03. The summed E-state index contributed by atoms with van der Waals surface area (Å²) < 4.78 is 6.90. The second kappa shape index (κ2) is 9.16. The van der Waals surface area contributed by atoms with Crippen molar-refractivity contribution in [3.05, 3.63) is 98.1 Å². The molecule has 1 aliphatic heterocycles. The number of hydrogen-bond donors (Lipinski definition) is 0. The molecule has 1 aromatic heterocycles. The van der Waals surface area contributed by atoms with Gasteiger partial charge >= 0.3 is 5.97 Å². The first-order valence-corrected chi connectivity index (χ1v) is 11.5. The van der Waals surface area contributed by atoms with Gasteiger partial charge in [-0.25, -0.2) is 4.79 Å². The number of Topliss-reactive ketones (excluding diaryl/α,β-unsaturated/α-hetero) is 1. The van der Waals surface area contributed by atoms with E-state index in [1.54, 1.807) is 24.0 Å². The van der Waals surface area contributed by atoms with Crippen molar-refractivity contribution in [3.63, 3.8) is 0 Å². The van der Waals surface area contributed by atoms with Crippen molar-refractivity contribution >= 4 is 46.7 Å². The standard InChI is InChI=1S/C27H24Cl2N2O3/c1-15-9-11-20(12-10-15)31-18(4)24(27(33)34-5)26(32)23(31)14-19-13-16(2)30(17(19)3)22-8-6-7-21(28)25(22)29/h6-14H,1-5H3/b23-14-. The maximum Gasteiger partial charge on any atom is 0.343 e. The molecule has 0 aliphatic carbocycles. The molecule has 5 nitrogen and oxygen atoms in total. The summed E-state index contributed by atoms with van der Waals surface area (Å²) in [4.78, 5) is 27.7. The highest BCUT2D eigenvalue weighted by Crippen LogP contribution is 2.37. The lowest BCUT2D eigenvalue weighted by Gasteiger charge is -2.21. The van der Waals surface area contributed by atoms with Crippen LogP contribution in [0, 0.1) is 20.8 Å². The van der Waals surface area contributed by atoms with E-state index in [4.69, 9.17) is 27.9 Å². The van der Waals surface area contributed by atoms with Gasteiger partial charge in [0.2, 0.25) is 5.78 Å². The minimum Gasteiger partial charge on any atom is -0.465 e. The summed E-state index contributed by atoms with van der Waals surface area (Å²) in [5.41, 5.74) is 6.21. The number of carbonyl (C=O) groups is 2. The van der Waals surface area contributed by atoms with Crippen molar-refractivity contribution in [2.24, 2.45) is 0 Å². The third kappa shape index (κ3) is 3.95. The molecule has 0 radical (unpaired) electrons. The van der Waals surface area contributed by atoms with E-state index in [9.17, 15) is 9.59 Å². The van der Waals surface area contributed by atoms with E-state index in [-0.39, 0.29) is 11.4 Å². The molecule has 2 heterocycles. The molecule has 7 heteroatoms. The average molecular weight is 495 g/mol. The Morgan fingerprint density at radius 1 is 1.00 bits per heavy atom. The number of hydrogen-bond acceptors (Lipinski definition) is 4. The van der Waals surface area contributed by atoms with Gasteiger partial charge in [0.25, 0.3) is 0 Å². The van der Waals surface area contributed by atoms with E-state index in [2.05, 4.69) is 0 Å². The molecule has 2 aromatic carbocycles. The van der Waals surface area contributed by atoms with Gasteiger partial charge in [-0.05, 0) is 69.7 Å². The summed E-state index contributed by atoms with van der Waals surface area (Å²) in [6.07, 6.45) is 1.80. The second-order valence-electron chi connectivity index (χ2n) is 8.22. The molecular formula is C27H24Cl2N2O3. The van der Waals surface area contributed by atoms with Crippen LogP contribution in [0.2, 0.25) is 10.0 Å². The second-order valence-corrected chi connectivity index (χ2v) is 9.00. The van der Waals surface area contributed by atoms with Gasteiger partial charge in [-0.15, -0.1) is 0 Å². The molecule has 0 fully saturated rings. The highest BCUT2D eigenvalue weighted by atomic mass is 35.5. The third-order valence-corrected chi connectivity index (χ3v) is 6.82. The Bertz CT molecular complexity index is 1380. The van der Waals surface area contributed by atoms with Gasteiger partial charge in [-0.2, -0.15) is 0 Å². The number of nitrogens with zero attached hydrogens (tertiary/aromatic N) is 2. The number of methoxy groups -OCH3 is 1. The van der Waals surface area contributed by atoms with Gasteiger partial charge in [0, 0.05) is 22.8 Å². The fourth-order valence-corrected chi connectivity index (χ4v) is 4.68. The van der Waals surface area contributed by atoms with Gasteiger partial charge < -0.3 is 14.2 Å². The molecule has 0 unspecified atom stereocenters. The monoisotopic (exact) mass is 494 g/mol. The number of esters is 1. The van der Waals surface area contributed by atoms with E-state index in [0.717, 1.165) is 33.9 Å². The Balaban J connectivity index is 1.89. The number of benzene rings is 2. The van der Waals surface area contributed by atoms with Gasteiger partial charge in [0.1, 0.15) is 5.57 Å². The molecule has 0 spiro atoms. The van der Waals surface area contributed by atoms with Crippen LogP contribution >= 0.6 is 23.2 Å². The van der Waals surface area contributed by atoms with Crippen LogP contribution in [0.1, 0.15) is 29.4 Å². The number of aromatic nitrogens is 1. The lowest BCUT2D eigenvalue weighted by molar-refractivity contribution is -0.137. The fourth-order valence-electron chi connectivity index (χ4n) is 4.30. The first-order valence-electron chi connectivity index (χ1n) is 10.7. The van der Waals surface area contributed by atoms with Crippen LogP contribution in [0.25, 0.3) is 11.8 Å². The van der Waals surface area contributed by atoms with Crippen molar-refractivity contribution in [3.8, 4) is 5.69 Å². The number of aryl methyl sites for hydroxylation is 2. The van der Waals surface area contributed by atoms with Crippen molar-refractivity contribution in [2.45, 2.75) is 27.7 Å². The topological polar surface area (TPSA) is 51.5 Å². The van der Waals surface area contributed by atoms with Crippen LogP contribution in [0.4, 0.5) is 5.69 Å². The van der Waals surface area contributed by atoms with Gasteiger partial charge in [-0.3, -0.25) is 4.79 Å². The highest BCUT2D eigenvalue weighted by molar-refractivity contribution is 6.43. The Hall–Kier alpha value is -3.28. The minimum absolute atomic E-state index is 0.0287. The number of ketones is 1. The molecule has 0 atom stereocenters. The van der Waals surface area contributed by atoms with Crippen LogP contribution in [0.15, 0.2) is 65.5 Å². The molecule has 0 saturated carbocycles. The predicted octanol–water partition coefficient (Wildman–Crippen LogP) is 6.59. The predicted molar refractivity (Wildman–Crippen MR) is 137 cm³/mol. The quantitative estimate of drug-likeness (QED) is 0.233. The summed E-state index contributed by atoms with van der Waals surface area (Å²) >= 11 is 12.7. The number of carbonyl (C=O) groups excluding carboxylic acids is 2. The Morgan fingerprint density at radius 3 is 2.32 bits per heavy atom. The summed E-state index contributed by atoms with van der Waals surface area (Å²) in [6.45, 7) is 7.66. The maximum absolute atomic E-state index is 13.4. The largest absolute Gasteiger partial charge is 0.465 e. The van der Waals surface area contributed by atoms with Crippen molar-refractivity contribution in [1.29, 1.82) is 0 Å². The van der Waals surface area contributed by atoms with Gasteiger partial charge in [0.15, 0.2) is 0 Å². The van der Waals surface area contributed by atoms with E-state index in [1.165, 1.54) is 7.11 Å². The fraction of sp³-hybridized carbons (Fsp3) is 0.185. The van der Waals surface area contributed by atoms with E-state index in [0.29, 0.717) is 21.4 Å². The molecule has 174 valence electrons. The summed E-state index contributed by atoms with van der Waals surface area (Å²) in [6, 6.07) is 15.2. The van der Waals surface area contributed by atoms with E-state index < -0.39 is 5.97 Å². The number of rotatable bonds is 4. The number of ether oxygens (including phenoxy) is 1. The zero-order chi connectivity index (χ0) is 24.7. The van der Waals surface area contributed by atoms with Gasteiger partial charge in [0.05, 0.1) is 28.5 Å². The summed E-state index contributed by atoms with van der Waals surface area (Å²) in [7, 11) is 1.27. The molecule has 4 rings (SSSR count). The molecule has 0 N–H and O–H groups in total. The molecule has 0 saturated heterocycles. The van der Waals surface area contributed by atoms with Gasteiger partial charge in [-0.1, -0.05) is 47.0 Å². The van der Waals surface area contributed by atoms with Crippen LogP contribution in [0.3, 0.4) is 0 Å². The zero-order valence-electron chi connectivity index (χ0n) is 19.6. The van der Waals surface area contributed by atoms with E-state index in [1.807, 2.05) is 67.8 Å². The lowest BCUT2D eigenvalue weighted by Crippen LogP contribution is -2.18. The normalized spacial score (nSPS) is 15.0. The summed E-state index contributed by atoms with van der Waals surface area (Å²) in [5, 5.41) is 0.916. The minimum atomic E-state index is -0.654. The van der Waals surface area contributed by atoms with Crippen molar-refractivity contribution in [1.82, 2.24) is 4.57 Å². The SMILES string of the molecule is COC(=O)C1=C(C)N(c2ccc(C)cc2)/C(=C\c2cc(C)n(-c3cccc(Cl)c3Cl)c2C)C1=O. The van der Waals surface area contributed by atoms with Crippen molar-refractivity contribution < 1.29 is 14.3 Å². The first kappa shape index (κ1) is 23.9. The van der Waals surface area contributed by atoms with Crippen molar-refractivity contribution in [2.75, 3.05) is 12.0 Å². The third-order valence-electron chi connectivity index (χ3n) is 6.01. The van der Waals surface area contributed by atoms with Crippen LogP contribution in [-0.4, -0.2) is 23.4 Å². The molecule has 0 bridgehead atoms.